The van der Waals surface area contributed by atoms with Gasteiger partial charge in [0.1, 0.15) is 5.76 Å². The number of para-hydroxylation sites is 1. The quantitative estimate of drug-likeness (QED) is 0.830. The van der Waals surface area contributed by atoms with Crippen LogP contribution in [0.25, 0.3) is 0 Å². The summed E-state index contributed by atoms with van der Waals surface area (Å²) in [5, 5.41) is 3.41. The number of nitrogens with one attached hydrogen (secondary N) is 1. The van der Waals surface area contributed by atoms with E-state index in [0.29, 0.717) is 6.04 Å². The zero-order valence-corrected chi connectivity index (χ0v) is 13.5. The lowest BCUT2D eigenvalue weighted by molar-refractivity contribution is 0.499. The molecule has 0 spiro atoms. The number of hydrogen-bond donors (Lipinski definition) is 1. The van der Waals surface area contributed by atoms with Crippen molar-refractivity contribution in [3.05, 3.63) is 53.5 Å². The lowest BCUT2D eigenvalue weighted by atomic mass is 10.1. The molecule has 3 heteroatoms. The van der Waals surface area contributed by atoms with Crippen LogP contribution in [0.1, 0.15) is 37.7 Å². The first-order chi connectivity index (χ1) is 10.1. The van der Waals surface area contributed by atoms with E-state index in [1.165, 1.54) is 16.8 Å². The molecule has 1 heterocycles. The Morgan fingerprint density at radius 3 is 2.67 bits per heavy atom. The van der Waals surface area contributed by atoms with Crippen LogP contribution < -0.4 is 10.2 Å². The number of anilines is 1. The topological polar surface area (TPSA) is 28.4 Å². The third kappa shape index (κ3) is 4.36. The number of furan rings is 1. The summed E-state index contributed by atoms with van der Waals surface area (Å²) in [5.74, 6) is 1.01. The van der Waals surface area contributed by atoms with Crippen molar-refractivity contribution in [2.24, 2.45) is 0 Å². The monoisotopic (exact) mass is 286 g/mol. The summed E-state index contributed by atoms with van der Waals surface area (Å²) < 4.78 is 5.71. The van der Waals surface area contributed by atoms with Gasteiger partial charge in [0.05, 0.1) is 12.8 Å². The minimum Gasteiger partial charge on any atom is -0.467 e. The van der Waals surface area contributed by atoms with Crippen molar-refractivity contribution in [1.82, 2.24) is 5.32 Å². The van der Waals surface area contributed by atoms with Crippen LogP contribution in [-0.2, 0) is 13.1 Å². The molecule has 0 unspecified atom stereocenters. The summed E-state index contributed by atoms with van der Waals surface area (Å²) in [7, 11) is 0. The van der Waals surface area contributed by atoms with E-state index in [1.54, 1.807) is 0 Å². The molecule has 0 bridgehead atoms. The first-order valence-electron chi connectivity index (χ1n) is 7.70. The second kappa shape index (κ2) is 7.32. The van der Waals surface area contributed by atoms with Gasteiger partial charge in [0.25, 0.3) is 0 Å². The highest BCUT2D eigenvalue weighted by molar-refractivity contribution is 5.52. The van der Waals surface area contributed by atoms with Crippen LogP contribution in [0.4, 0.5) is 5.69 Å². The van der Waals surface area contributed by atoms with Crippen molar-refractivity contribution in [3.8, 4) is 0 Å². The molecule has 2 rings (SSSR count). The fourth-order valence-electron chi connectivity index (χ4n) is 2.40. The summed E-state index contributed by atoms with van der Waals surface area (Å²) in [6.07, 6.45) is 1.86. The Kier molecular flexibility index (Phi) is 5.45. The molecule has 2 aromatic rings. The predicted octanol–water partition coefficient (Wildman–Crippen LogP) is 4.11. The fourth-order valence-corrected chi connectivity index (χ4v) is 2.40. The van der Waals surface area contributed by atoms with E-state index in [1.807, 2.05) is 6.26 Å². The minimum absolute atomic E-state index is 0.488. The van der Waals surface area contributed by atoms with Gasteiger partial charge < -0.3 is 14.6 Å². The van der Waals surface area contributed by atoms with Crippen LogP contribution in [0.15, 0.2) is 41.0 Å². The van der Waals surface area contributed by atoms with Gasteiger partial charge in [-0.1, -0.05) is 32.0 Å². The second-order valence-electron chi connectivity index (χ2n) is 5.76. The van der Waals surface area contributed by atoms with Crippen LogP contribution in [0.2, 0.25) is 0 Å². The normalized spacial score (nSPS) is 11.1. The maximum atomic E-state index is 5.71. The van der Waals surface area contributed by atoms with Gasteiger partial charge in [-0.25, -0.2) is 0 Å². The lowest BCUT2D eigenvalue weighted by Gasteiger charge is -2.23. The van der Waals surface area contributed by atoms with Gasteiger partial charge >= 0.3 is 0 Å². The Hall–Kier alpha value is -1.74. The van der Waals surface area contributed by atoms with E-state index < -0.39 is 0 Å². The SMILES string of the molecule is CCN(Cc1cc(CNC(C)C)co1)c1ccccc1C. The molecule has 114 valence electrons. The Bertz CT molecular complexity index is 560. The van der Waals surface area contributed by atoms with E-state index in [9.17, 15) is 0 Å². The fraction of sp³-hybridized carbons (Fsp3) is 0.444. The molecule has 0 atom stereocenters. The predicted molar refractivity (Wildman–Crippen MR) is 88.6 cm³/mol. The van der Waals surface area contributed by atoms with Crippen LogP contribution >= 0.6 is 0 Å². The maximum absolute atomic E-state index is 5.71. The second-order valence-corrected chi connectivity index (χ2v) is 5.76. The molecule has 1 N–H and O–H groups in total. The van der Waals surface area contributed by atoms with Crippen LogP contribution in [0.3, 0.4) is 0 Å². The minimum atomic E-state index is 0.488. The number of benzene rings is 1. The molecule has 0 aliphatic carbocycles. The molecule has 0 aliphatic heterocycles. The molecular weight excluding hydrogens is 260 g/mol. The standard InChI is InChI=1S/C18H26N2O/c1-5-20(18-9-7-6-8-15(18)4)12-17-10-16(13-21-17)11-19-14(2)3/h6-10,13-14,19H,5,11-12H2,1-4H3. The maximum Gasteiger partial charge on any atom is 0.123 e. The van der Waals surface area contributed by atoms with Gasteiger partial charge in [0, 0.05) is 30.4 Å². The summed E-state index contributed by atoms with van der Waals surface area (Å²) in [6.45, 7) is 11.3. The highest BCUT2D eigenvalue weighted by atomic mass is 16.3. The molecule has 0 saturated carbocycles. The van der Waals surface area contributed by atoms with Gasteiger partial charge in [0.2, 0.25) is 0 Å². The van der Waals surface area contributed by atoms with Crippen LogP contribution in [0, 0.1) is 6.92 Å². The summed E-state index contributed by atoms with van der Waals surface area (Å²) in [4.78, 5) is 2.34. The molecule has 0 fully saturated rings. The number of rotatable bonds is 7. The number of hydrogen-bond acceptors (Lipinski definition) is 3. The van der Waals surface area contributed by atoms with Crippen molar-refractivity contribution in [2.75, 3.05) is 11.4 Å². The van der Waals surface area contributed by atoms with E-state index in [2.05, 4.69) is 68.2 Å². The van der Waals surface area contributed by atoms with E-state index in [4.69, 9.17) is 4.42 Å². The summed E-state index contributed by atoms with van der Waals surface area (Å²) in [5.41, 5.74) is 3.78. The van der Waals surface area contributed by atoms with Crippen molar-refractivity contribution in [3.63, 3.8) is 0 Å². The van der Waals surface area contributed by atoms with Crippen LogP contribution in [-0.4, -0.2) is 12.6 Å². The molecule has 21 heavy (non-hydrogen) atoms. The van der Waals surface area contributed by atoms with E-state index in [-0.39, 0.29) is 0 Å². The third-order valence-electron chi connectivity index (χ3n) is 3.61. The molecule has 0 amide bonds. The Morgan fingerprint density at radius 1 is 1.24 bits per heavy atom. The summed E-state index contributed by atoms with van der Waals surface area (Å²) in [6, 6.07) is 11.1. The Labute approximate surface area is 128 Å². The molecule has 3 nitrogen and oxygen atoms in total. The van der Waals surface area contributed by atoms with Crippen molar-refractivity contribution >= 4 is 5.69 Å². The highest BCUT2D eigenvalue weighted by Gasteiger charge is 2.10. The first kappa shape index (κ1) is 15.6. The van der Waals surface area contributed by atoms with Crippen molar-refractivity contribution in [1.29, 1.82) is 0 Å². The molecule has 1 aromatic heterocycles. The van der Waals surface area contributed by atoms with Crippen LogP contribution in [0.5, 0.6) is 0 Å². The molecule has 1 aromatic carbocycles. The average molecular weight is 286 g/mol. The van der Waals surface area contributed by atoms with Gasteiger partial charge in [-0.3, -0.25) is 0 Å². The zero-order chi connectivity index (χ0) is 15.2. The Balaban J connectivity index is 2.04. The van der Waals surface area contributed by atoms with Gasteiger partial charge in [-0.2, -0.15) is 0 Å². The molecule has 0 saturated heterocycles. The Morgan fingerprint density at radius 2 is 2.00 bits per heavy atom. The molecule has 0 aliphatic rings. The average Bonchev–Trinajstić information content (AvgIpc) is 2.91. The number of aryl methyl sites for hydroxylation is 1. The van der Waals surface area contributed by atoms with Gasteiger partial charge in [0.15, 0.2) is 0 Å². The zero-order valence-electron chi connectivity index (χ0n) is 13.5. The van der Waals surface area contributed by atoms with Crippen molar-refractivity contribution < 1.29 is 4.42 Å². The molecule has 0 radical (unpaired) electrons. The van der Waals surface area contributed by atoms with Gasteiger partial charge in [-0.05, 0) is 31.5 Å². The highest BCUT2D eigenvalue weighted by Crippen LogP contribution is 2.22. The first-order valence-corrected chi connectivity index (χ1v) is 7.70. The van der Waals surface area contributed by atoms with Gasteiger partial charge in [-0.15, -0.1) is 0 Å². The largest absolute Gasteiger partial charge is 0.467 e. The number of nitrogens with zero attached hydrogens (tertiary/aromatic N) is 1. The smallest absolute Gasteiger partial charge is 0.123 e. The van der Waals surface area contributed by atoms with E-state index >= 15 is 0 Å². The third-order valence-corrected chi connectivity index (χ3v) is 3.61. The van der Waals surface area contributed by atoms with Crippen molar-refractivity contribution in [2.45, 2.75) is 46.8 Å². The van der Waals surface area contributed by atoms with E-state index in [0.717, 1.165) is 25.4 Å². The lowest BCUT2D eigenvalue weighted by Crippen LogP contribution is -2.22. The molecular formula is C18H26N2O. The summed E-state index contributed by atoms with van der Waals surface area (Å²) >= 11 is 0.